The van der Waals surface area contributed by atoms with Crippen molar-refractivity contribution in [2.45, 2.75) is 44.6 Å². The third kappa shape index (κ3) is 5.63. The molecule has 0 atom stereocenters. The van der Waals surface area contributed by atoms with E-state index >= 15 is 0 Å². The molecule has 2 amide bonds. The highest BCUT2D eigenvalue weighted by atomic mass is 16.5. The second kappa shape index (κ2) is 9.82. The standard InChI is InChI=1S/C22H25N3O4/c1-29-22(28)16-7-6-10-18(13-16)25-21(27)19-14-15(11-12-23-19)20(26)24-17-8-4-2-3-5-9-17/h6-7,10-14,17H,2-5,8-9H2,1H3,(H,24,26)(H,25,27). The Bertz CT molecular complexity index is 889. The third-order valence-corrected chi connectivity index (χ3v) is 4.99. The first kappa shape index (κ1) is 20.5. The van der Waals surface area contributed by atoms with Gasteiger partial charge in [0.2, 0.25) is 0 Å². The summed E-state index contributed by atoms with van der Waals surface area (Å²) in [6.07, 6.45) is 8.09. The second-order valence-corrected chi connectivity index (χ2v) is 7.12. The van der Waals surface area contributed by atoms with Crippen molar-refractivity contribution >= 4 is 23.5 Å². The molecule has 1 saturated carbocycles. The Morgan fingerprint density at radius 2 is 1.72 bits per heavy atom. The maximum atomic E-state index is 12.6. The van der Waals surface area contributed by atoms with Crippen LogP contribution in [0.1, 0.15) is 69.7 Å². The maximum absolute atomic E-state index is 12.6. The van der Waals surface area contributed by atoms with Crippen molar-refractivity contribution in [1.29, 1.82) is 0 Å². The number of nitrogens with one attached hydrogen (secondary N) is 2. The van der Waals surface area contributed by atoms with Gasteiger partial charge < -0.3 is 15.4 Å². The first-order chi connectivity index (χ1) is 14.1. The van der Waals surface area contributed by atoms with Crippen molar-refractivity contribution in [3.63, 3.8) is 0 Å². The smallest absolute Gasteiger partial charge is 0.337 e. The summed E-state index contributed by atoms with van der Waals surface area (Å²) in [4.78, 5) is 40.8. The van der Waals surface area contributed by atoms with Crippen LogP contribution in [0.2, 0.25) is 0 Å². The van der Waals surface area contributed by atoms with E-state index in [0.29, 0.717) is 16.8 Å². The van der Waals surface area contributed by atoms with Gasteiger partial charge in [-0.2, -0.15) is 0 Å². The molecule has 2 aromatic rings. The number of rotatable bonds is 5. The molecular formula is C22H25N3O4. The van der Waals surface area contributed by atoms with Crippen LogP contribution < -0.4 is 10.6 Å². The minimum atomic E-state index is -0.489. The summed E-state index contributed by atoms with van der Waals surface area (Å²) in [5, 5.41) is 5.76. The molecule has 1 aromatic heterocycles. The molecule has 0 bridgehead atoms. The topological polar surface area (TPSA) is 97.4 Å². The molecule has 1 aromatic carbocycles. The molecule has 7 heteroatoms. The van der Waals surface area contributed by atoms with Crippen LogP contribution in [0.5, 0.6) is 0 Å². The fraction of sp³-hybridized carbons (Fsp3) is 0.364. The summed E-state index contributed by atoms with van der Waals surface area (Å²) >= 11 is 0. The van der Waals surface area contributed by atoms with Gasteiger partial charge in [-0.15, -0.1) is 0 Å². The lowest BCUT2D eigenvalue weighted by Crippen LogP contribution is -2.34. The Hall–Kier alpha value is -3.22. The number of ether oxygens (including phenoxy) is 1. The van der Waals surface area contributed by atoms with E-state index in [1.807, 2.05) is 0 Å². The number of carbonyl (C=O) groups is 3. The van der Waals surface area contributed by atoms with E-state index < -0.39 is 11.9 Å². The molecular weight excluding hydrogens is 370 g/mol. The van der Waals surface area contributed by atoms with Crippen molar-refractivity contribution < 1.29 is 19.1 Å². The van der Waals surface area contributed by atoms with Crippen LogP contribution in [0.4, 0.5) is 5.69 Å². The first-order valence-corrected chi connectivity index (χ1v) is 9.83. The molecule has 0 saturated heterocycles. The lowest BCUT2D eigenvalue weighted by atomic mass is 10.1. The van der Waals surface area contributed by atoms with Crippen molar-refractivity contribution in [2.75, 3.05) is 12.4 Å². The number of hydrogen-bond donors (Lipinski definition) is 2. The average molecular weight is 395 g/mol. The summed E-state index contributed by atoms with van der Waals surface area (Å²) in [7, 11) is 1.29. The largest absolute Gasteiger partial charge is 0.465 e. The summed E-state index contributed by atoms with van der Waals surface area (Å²) < 4.78 is 4.68. The molecule has 1 aliphatic carbocycles. The Balaban J connectivity index is 1.67. The van der Waals surface area contributed by atoms with E-state index in [1.165, 1.54) is 38.3 Å². The number of methoxy groups -OCH3 is 1. The van der Waals surface area contributed by atoms with Gasteiger partial charge in [0.15, 0.2) is 0 Å². The van der Waals surface area contributed by atoms with Gasteiger partial charge in [0.1, 0.15) is 5.69 Å². The van der Waals surface area contributed by atoms with Gasteiger partial charge in [-0.3, -0.25) is 14.6 Å². The predicted molar refractivity (Wildman–Crippen MR) is 109 cm³/mol. The van der Waals surface area contributed by atoms with E-state index in [4.69, 9.17) is 0 Å². The van der Waals surface area contributed by atoms with Crippen LogP contribution in [-0.4, -0.2) is 35.9 Å². The number of carbonyl (C=O) groups excluding carboxylic acids is 3. The van der Waals surface area contributed by atoms with Crippen molar-refractivity contribution in [3.8, 4) is 0 Å². The number of hydrogen-bond acceptors (Lipinski definition) is 5. The first-order valence-electron chi connectivity index (χ1n) is 9.83. The molecule has 0 spiro atoms. The van der Waals surface area contributed by atoms with Crippen LogP contribution >= 0.6 is 0 Å². The highest BCUT2D eigenvalue weighted by Crippen LogP contribution is 2.18. The number of amides is 2. The van der Waals surface area contributed by atoms with E-state index in [1.54, 1.807) is 24.3 Å². The van der Waals surface area contributed by atoms with Crippen LogP contribution in [0.15, 0.2) is 42.6 Å². The molecule has 152 valence electrons. The summed E-state index contributed by atoms with van der Waals surface area (Å²) in [5.74, 6) is -1.14. The Morgan fingerprint density at radius 1 is 0.966 bits per heavy atom. The summed E-state index contributed by atoms with van der Waals surface area (Å²) in [5.41, 5.74) is 1.29. The highest BCUT2D eigenvalue weighted by Gasteiger charge is 2.17. The fourth-order valence-corrected chi connectivity index (χ4v) is 3.43. The highest BCUT2D eigenvalue weighted by molar-refractivity contribution is 6.05. The Labute approximate surface area is 169 Å². The molecule has 29 heavy (non-hydrogen) atoms. The average Bonchev–Trinajstić information content (AvgIpc) is 3.02. The van der Waals surface area contributed by atoms with E-state index in [-0.39, 0.29) is 17.6 Å². The number of esters is 1. The SMILES string of the molecule is COC(=O)c1cccc(NC(=O)c2cc(C(=O)NC3CCCCCC3)ccn2)c1. The van der Waals surface area contributed by atoms with E-state index in [2.05, 4.69) is 20.4 Å². The van der Waals surface area contributed by atoms with Crippen molar-refractivity contribution in [2.24, 2.45) is 0 Å². The third-order valence-electron chi connectivity index (χ3n) is 4.99. The van der Waals surface area contributed by atoms with Crippen LogP contribution in [0, 0.1) is 0 Å². The molecule has 1 fully saturated rings. The molecule has 0 aliphatic heterocycles. The minimum absolute atomic E-state index is 0.127. The van der Waals surface area contributed by atoms with Crippen LogP contribution in [-0.2, 0) is 4.74 Å². The normalized spacial score (nSPS) is 14.5. The van der Waals surface area contributed by atoms with E-state index in [0.717, 1.165) is 25.7 Å². The lowest BCUT2D eigenvalue weighted by Gasteiger charge is -2.16. The Kier molecular flexibility index (Phi) is 6.94. The van der Waals surface area contributed by atoms with Crippen LogP contribution in [0.25, 0.3) is 0 Å². The van der Waals surface area contributed by atoms with Gasteiger partial charge in [0.05, 0.1) is 12.7 Å². The number of benzene rings is 1. The molecule has 2 N–H and O–H groups in total. The zero-order valence-electron chi connectivity index (χ0n) is 16.4. The number of nitrogens with zero attached hydrogens (tertiary/aromatic N) is 1. The van der Waals surface area contributed by atoms with Crippen molar-refractivity contribution in [3.05, 3.63) is 59.4 Å². The molecule has 1 aliphatic rings. The van der Waals surface area contributed by atoms with Gasteiger partial charge >= 0.3 is 5.97 Å². The zero-order chi connectivity index (χ0) is 20.6. The van der Waals surface area contributed by atoms with Crippen molar-refractivity contribution in [1.82, 2.24) is 10.3 Å². The maximum Gasteiger partial charge on any atom is 0.337 e. The van der Waals surface area contributed by atoms with Gasteiger partial charge in [0.25, 0.3) is 11.8 Å². The number of aromatic nitrogens is 1. The zero-order valence-corrected chi connectivity index (χ0v) is 16.4. The lowest BCUT2D eigenvalue weighted by molar-refractivity contribution is 0.0600. The predicted octanol–water partition coefficient (Wildman–Crippen LogP) is 3.57. The Morgan fingerprint density at radius 3 is 2.45 bits per heavy atom. The van der Waals surface area contributed by atoms with Gasteiger partial charge in [-0.25, -0.2) is 4.79 Å². The molecule has 0 radical (unpaired) electrons. The van der Waals surface area contributed by atoms with E-state index in [9.17, 15) is 14.4 Å². The minimum Gasteiger partial charge on any atom is -0.465 e. The molecule has 0 unspecified atom stereocenters. The summed E-state index contributed by atoms with van der Waals surface area (Å²) in [6, 6.07) is 9.67. The number of pyridine rings is 1. The molecule has 7 nitrogen and oxygen atoms in total. The monoisotopic (exact) mass is 395 g/mol. The molecule has 1 heterocycles. The second-order valence-electron chi connectivity index (χ2n) is 7.12. The number of anilines is 1. The van der Waals surface area contributed by atoms with Crippen LogP contribution in [0.3, 0.4) is 0 Å². The summed E-state index contributed by atoms with van der Waals surface area (Å²) in [6.45, 7) is 0. The van der Waals surface area contributed by atoms with Gasteiger partial charge in [-0.05, 0) is 43.2 Å². The quantitative estimate of drug-likeness (QED) is 0.596. The van der Waals surface area contributed by atoms with Gasteiger partial charge in [-0.1, -0.05) is 31.7 Å². The molecule has 3 rings (SSSR count). The fourth-order valence-electron chi connectivity index (χ4n) is 3.43. The van der Waals surface area contributed by atoms with Gasteiger partial charge in [0, 0.05) is 23.5 Å².